The average Bonchev–Trinajstić information content (AvgIpc) is 2.40. The van der Waals surface area contributed by atoms with Gasteiger partial charge in [0.2, 0.25) is 5.91 Å². The maximum Gasteiger partial charge on any atom is 0.223 e. The van der Waals surface area contributed by atoms with Gasteiger partial charge in [-0.2, -0.15) is 0 Å². The van der Waals surface area contributed by atoms with Gasteiger partial charge in [-0.25, -0.2) is 0 Å². The quantitative estimate of drug-likeness (QED) is 0.687. The molecule has 1 saturated carbocycles. The maximum atomic E-state index is 12.0. The van der Waals surface area contributed by atoms with Gasteiger partial charge < -0.3 is 5.32 Å². The first kappa shape index (κ1) is 15.5. The minimum absolute atomic E-state index is 0.270. The molecule has 0 aromatic rings. The molecule has 0 saturated heterocycles. The van der Waals surface area contributed by atoms with Crippen molar-refractivity contribution in [2.45, 2.75) is 78.1 Å². The predicted molar refractivity (Wildman–Crippen MR) is 77.5 cm³/mol. The van der Waals surface area contributed by atoms with E-state index in [1.165, 1.54) is 51.4 Å². The molecule has 1 aliphatic carbocycles. The second-order valence-corrected chi connectivity index (χ2v) is 5.82. The minimum atomic E-state index is 0.270. The van der Waals surface area contributed by atoms with Gasteiger partial charge in [-0.1, -0.05) is 51.9 Å². The van der Waals surface area contributed by atoms with Crippen molar-refractivity contribution in [1.82, 2.24) is 5.32 Å². The van der Waals surface area contributed by atoms with Crippen LogP contribution in [0.5, 0.6) is 0 Å². The van der Waals surface area contributed by atoms with E-state index in [0.717, 1.165) is 25.3 Å². The molecule has 1 aliphatic rings. The van der Waals surface area contributed by atoms with E-state index in [1.54, 1.807) is 0 Å². The molecule has 18 heavy (non-hydrogen) atoms. The molecule has 0 bridgehead atoms. The number of hydrogen-bond acceptors (Lipinski definition) is 1. The molecule has 1 amide bonds. The first-order valence-electron chi connectivity index (χ1n) is 8.05. The van der Waals surface area contributed by atoms with Crippen molar-refractivity contribution in [2.75, 3.05) is 6.54 Å². The van der Waals surface area contributed by atoms with E-state index in [9.17, 15) is 4.79 Å². The molecule has 0 aliphatic heterocycles. The highest BCUT2D eigenvalue weighted by molar-refractivity contribution is 5.78. The Morgan fingerprint density at radius 1 is 1.17 bits per heavy atom. The van der Waals surface area contributed by atoms with E-state index in [2.05, 4.69) is 12.2 Å². The first-order valence-corrected chi connectivity index (χ1v) is 8.05. The summed E-state index contributed by atoms with van der Waals surface area (Å²) >= 11 is 0. The van der Waals surface area contributed by atoms with E-state index in [4.69, 9.17) is 0 Å². The van der Waals surface area contributed by atoms with Crippen LogP contribution in [0.3, 0.4) is 0 Å². The minimum Gasteiger partial charge on any atom is -0.356 e. The molecular formula is C16H31NO. The number of hydrogen-bond donors (Lipinski definition) is 1. The third-order valence-electron chi connectivity index (χ3n) is 4.28. The van der Waals surface area contributed by atoms with Crippen LogP contribution >= 0.6 is 0 Å². The lowest BCUT2D eigenvalue weighted by Crippen LogP contribution is -2.31. The molecule has 2 heteroatoms. The molecule has 1 rings (SSSR count). The van der Waals surface area contributed by atoms with E-state index in [-0.39, 0.29) is 5.92 Å². The van der Waals surface area contributed by atoms with Gasteiger partial charge in [-0.3, -0.25) is 4.79 Å². The van der Waals surface area contributed by atoms with Gasteiger partial charge >= 0.3 is 0 Å². The van der Waals surface area contributed by atoms with E-state index in [0.29, 0.717) is 5.91 Å². The molecule has 1 atom stereocenters. The molecule has 1 unspecified atom stereocenters. The lowest BCUT2D eigenvalue weighted by molar-refractivity contribution is -0.125. The smallest absolute Gasteiger partial charge is 0.223 e. The fourth-order valence-electron chi connectivity index (χ4n) is 3.09. The van der Waals surface area contributed by atoms with Crippen LogP contribution in [0.2, 0.25) is 0 Å². The van der Waals surface area contributed by atoms with Crippen molar-refractivity contribution in [1.29, 1.82) is 0 Å². The normalized spacial score (nSPS) is 18.6. The lowest BCUT2D eigenvalue weighted by atomic mass is 9.83. The predicted octanol–water partition coefficient (Wildman–Crippen LogP) is 4.29. The summed E-state index contributed by atoms with van der Waals surface area (Å²) in [7, 11) is 0. The summed E-state index contributed by atoms with van der Waals surface area (Å²) in [5.41, 5.74) is 0. The third-order valence-corrected chi connectivity index (χ3v) is 4.28. The molecule has 0 spiro atoms. The summed E-state index contributed by atoms with van der Waals surface area (Å²) < 4.78 is 0. The van der Waals surface area contributed by atoms with Crippen molar-refractivity contribution < 1.29 is 4.79 Å². The van der Waals surface area contributed by atoms with Crippen LogP contribution in [-0.4, -0.2) is 12.5 Å². The molecule has 2 nitrogen and oxygen atoms in total. The average molecular weight is 253 g/mol. The summed E-state index contributed by atoms with van der Waals surface area (Å²) in [5.74, 6) is 1.46. The van der Waals surface area contributed by atoms with Crippen molar-refractivity contribution in [3.05, 3.63) is 0 Å². The van der Waals surface area contributed by atoms with Gasteiger partial charge in [-0.05, 0) is 32.1 Å². The van der Waals surface area contributed by atoms with E-state index in [1.807, 2.05) is 6.92 Å². The number of carbonyl (C=O) groups is 1. The van der Waals surface area contributed by atoms with Gasteiger partial charge in [0.05, 0.1) is 0 Å². The van der Waals surface area contributed by atoms with Crippen molar-refractivity contribution >= 4 is 5.91 Å². The zero-order valence-corrected chi connectivity index (χ0v) is 12.3. The molecule has 0 heterocycles. The Morgan fingerprint density at radius 2 is 1.89 bits per heavy atom. The van der Waals surface area contributed by atoms with E-state index < -0.39 is 0 Å². The summed E-state index contributed by atoms with van der Waals surface area (Å²) in [6.45, 7) is 4.98. The first-order chi connectivity index (χ1) is 8.77. The van der Waals surface area contributed by atoms with Crippen molar-refractivity contribution in [2.24, 2.45) is 11.8 Å². The Balaban J connectivity index is 2.31. The van der Waals surface area contributed by atoms with Crippen LogP contribution in [0, 0.1) is 11.8 Å². The highest BCUT2D eigenvalue weighted by Crippen LogP contribution is 2.29. The van der Waals surface area contributed by atoms with Gasteiger partial charge in [-0.15, -0.1) is 0 Å². The van der Waals surface area contributed by atoms with Crippen LogP contribution in [-0.2, 0) is 4.79 Å². The molecule has 0 radical (unpaired) electrons. The van der Waals surface area contributed by atoms with Crippen LogP contribution < -0.4 is 5.32 Å². The van der Waals surface area contributed by atoms with Crippen molar-refractivity contribution in [3.8, 4) is 0 Å². The third kappa shape index (κ3) is 5.88. The second-order valence-electron chi connectivity index (χ2n) is 5.82. The highest BCUT2D eigenvalue weighted by Gasteiger charge is 2.20. The molecule has 0 aromatic heterocycles. The van der Waals surface area contributed by atoms with Crippen LogP contribution in [0.1, 0.15) is 78.1 Å². The SMILES string of the molecule is CCCCC(CCC1CCCCC1)C(=O)NCC. The Kier molecular flexibility index (Phi) is 8.11. The monoisotopic (exact) mass is 253 g/mol. The standard InChI is InChI=1S/C16H31NO/c1-3-5-11-15(16(18)17-4-2)13-12-14-9-7-6-8-10-14/h14-15H,3-13H2,1-2H3,(H,17,18). The van der Waals surface area contributed by atoms with Crippen LogP contribution in [0.25, 0.3) is 0 Å². The topological polar surface area (TPSA) is 29.1 Å². The van der Waals surface area contributed by atoms with Gasteiger partial charge in [0.25, 0.3) is 0 Å². The fourth-order valence-corrected chi connectivity index (χ4v) is 3.09. The Labute approximate surface area is 113 Å². The second kappa shape index (κ2) is 9.41. The zero-order valence-electron chi connectivity index (χ0n) is 12.3. The van der Waals surface area contributed by atoms with Gasteiger partial charge in [0.1, 0.15) is 0 Å². The summed E-state index contributed by atoms with van der Waals surface area (Å²) in [4.78, 5) is 12.0. The zero-order chi connectivity index (χ0) is 13.2. The number of nitrogens with one attached hydrogen (secondary N) is 1. The lowest BCUT2D eigenvalue weighted by Gasteiger charge is -2.24. The van der Waals surface area contributed by atoms with Crippen LogP contribution in [0.4, 0.5) is 0 Å². The number of carbonyl (C=O) groups excluding carboxylic acids is 1. The molecule has 1 N–H and O–H groups in total. The number of rotatable bonds is 8. The molecule has 106 valence electrons. The number of amides is 1. The molecule has 1 fully saturated rings. The molecular weight excluding hydrogens is 222 g/mol. The van der Waals surface area contributed by atoms with Gasteiger partial charge in [0.15, 0.2) is 0 Å². The maximum absolute atomic E-state index is 12.0. The Hall–Kier alpha value is -0.530. The Bertz CT molecular complexity index is 221. The number of unbranched alkanes of at least 4 members (excludes halogenated alkanes) is 1. The van der Waals surface area contributed by atoms with Crippen molar-refractivity contribution in [3.63, 3.8) is 0 Å². The molecule has 0 aromatic carbocycles. The van der Waals surface area contributed by atoms with E-state index >= 15 is 0 Å². The summed E-state index contributed by atoms with van der Waals surface area (Å²) in [6.07, 6.45) is 12.9. The highest BCUT2D eigenvalue weighted by atomic mass is 16.1. The van der Waals surface area contributed by atoms with Crippen LogP contribution in [0.15, 0.2) is 0 Å². The fraction of sp³-hybridized carbons (Fsp3) is 0.938. The largest absolute Gasteiger partial charge is 0.356 e. The Morgan fingerprint density at radius 3 is 2.50 bits per heavy atom. The summed E-state index contributed by atoms with van der Waals surface area (Å²) in [5, 5.41) is 3.00. The van der Waals surface area contributed by atoms with Gasteiger partial charge in [0, 0.05) is 12.5 Å². The summed E-state index contributed by atoms with van der Waals surface area (Å²) in [6, 6.07) is 0.